The number of nitrogens with one attached hydrogen (secondary N) is 1. The number of hydrogen-bond acceptors (Lipinski definition) is 3. The molecule has 0 unspecified atom stereocenters. The predicted octanol–water partition coefficient (Wildman–Crippen LogP) is 2.52. The number of aryl methyl sites for hydroxylation is 1. The van der Waals surface area contributed by atoms with Crippen molar-refractivity contribution in [2.45, 2.75) is 13.5 Å². The summed E-state index contributed by atoms with van der Waals surface area (Å²) < 4.78 is 5.22. The molecular weight excluding hydrogens is 252 g/mol. The van der Waals surface area contributed by atoms with Crippen LogP contribution in [0, 0.1) is 6.92 Å². The highest BCUT2D eigenvalue weighted by Gasteiger charge is 2.08. The van der Waals surface area contributed by atoms with Gasteiger partial charge in [-0.05, 0) is 36.2 Å². The van der Waals surface area contributed by atoms with E-state index in [0.29, 0.717) is 23.5 Å². The van der Waals surface area contributed by atoms with Crippen LogP contribution in [-0.2, 0) is 6.54 Å². The van der Waals surface area contributed by atoms with Crippen molar-refractivity contribution in [1.82, 2.24) is 5.32 Å². The molecule has 2 aromatic rings. The molecule has 4 heteroatoms. The van der Waals surface area contributed by atoms with Crippen LogP contribution in [0.25, 0.3) is 0 Å². The quantitative estimate of drug-likeness (QED) is 0.839. The number of nitrogens with two attached hydrogens (primary N) is 1. The average Bonchev–Trinajstić information content (AvgIpc) is 2.46. The van der Waals surface area contributed by atoms with E-state index in [4.69, 9.17) is 10.5 Å². The number of para-hydroxylation sites is 1. The lowest BCUT2D eigenvalue weighted by Crippen LogP contribution is -2.23. The zero-order chi connectivity index (χ0) is 14.5. The summed E-state index contributed by atoms with van der Waals surface area (Å²) in [4.78, 5) is 12.1. The summed E-state index contributed by atoms with van der Waals surface area (Å²) in [6, 6.07) is 12.9. The maximum absolute atomic E-state index is 12.1. The second-order valence-electron chi connectivity index (χ2n) is 4.57. The Bertz CT molecular complexity index is 624. The monoisotopic (exact) mass is 270 g/mol. The third kappa shape index (κ3) is 3.09. The Labute approximate surface area is 118 Å². The van der Waals surface area contributed by atoms with Crippen LogP contribution in [0.4, 0.5) is 5.69 Å². The molecule has 0 aliphatic heterocycles. The first-order valence-corrected chi connectivity index (χ1v) is 6.38. The summed E-state index contributed by atoms with van der Waals surface area (Å²) in [6.07, 6.45) is 0. The fraction of sp³-hybridized carbons (Fsp3) is 0.188. The molecule has 0 atom stereocenters. The Morgan fingerprint density at radius 3 is 2.70 bits per heavy atom. The third-order valence-electron chi connectivity index (χ3n) is 3.16. The van der Waals surface area contributed by atoms with E-state index in [9.17, 15) is 4.79 Å². The number of carbonyl (C=O) groups excluding carboxylic acids is 1. The number of carbonyl (C=O) groups is 1. The molecule has 1 amide bonds. The first kappa shape index (κ1) is 13.9. The van der Waals surface area contributed by atoms with Gasteiger partial charge in [-0.3, -0.25) is 4.79 Å². The number of anilines is 1. The molecule has 2 aromatic carbocycles. The minimum Gasteiger partial charge on any atom is -0.496 e. The van der Waals surface area contributed by atoms with Crippen molar-refractivity contribution in [1.29, 1.82) is 0 Å². The van der Waals surface area contributed by atoms with Crippen LogP contribution in [0.5, 0.6) is 5.75 Å². The summed E-state index contributed by atoms with van der Waals surface area (Å²) in [7, 11) is 1.59. The van der Waals surface area contributed by atoms with E-state index in [1.807, 2.05) is 37.3 Å². The van der Waals surface area contributed by atoms with E-state index in [1.165, 1.54) is 0 Å². The Kier molecular flexibility index (Phi) is 4.25. The molecule has 2 rings (SSSR count). The van der Waals surface area contributed by atoms with Crippen molar-refractivity contribution >= 4 is 11.6 Å². The van der Waals surface area contributed by atoms with Crippen LogP contribution in [-0.4, -0.2) is 13.0 Å². The number of amides is 1. The lowest BCUT2D eigenvalue weighted by Gasteiger charge is -2.10. The fourth-order valence-electron chi connectivity index (χ4n) is 1.93. The van der Waals surface area contributed by atoms with Crippen LogP contribution in [0.2, 0.25) is 0 Å². The molecule has 0 fully saturated rings. The lowest BCUT2D eigenvalue weighted by molar-refractivity contribution is 0.0950. The van der Waals surface area contributed by atoms with Gasteiger partial charge in [-0.2, -0.15) is 0 Å². The minimum atomic E-state index is -0.147. The highest BCUT2D eigenvalue weighted by atomic mass is 16.5. The molecule has 0 aliphatic rings. The molecule has 20 heavy (non-hydrogen) atoms. The highest BCUT2D eigenvalue weighted by molar-refractivity contribution is 5.94. The smallest absolute Gasteiger partial charge is 0.251 e. The summed E-state index contributed by atoms with van der Waals surface area (Å²) in [6.45, 7) is 2.34. The van der Waals surface area contributed by atoms with E-state index >= 15 is 0 Å². The molecule has 0 radical (unpaired) electrons. The van der Waals surface area contributed by atoms with Crippen LogP contribution < -0.4 is 15.8 Å². The molecule has 104 valence electrons. The topological polar surface area (TPSA) is 64.3 Å². The standard InChI is InChI=1S/C16H18N2O2/c1-11-7-8-12(9-15(11)20-2)16(19)18-10-13-5-3-4-6-14(13)17/h3-9H,10,17H2,1-2H3,(H,18,19). The Balaban J connectivity index is 2.07. The largest absolute Gasteiger partial charge is 0.496 e. The third-order valence-corrected chi connectivity index (χ3v) is 3.16. The van der Waals surface area contributed by atoms with Gasteiger partial charge in [-0.15, -0.1) is 0 Å². The van der Waals surface area contributed by atoms with E-state index in [-0.39, 0.29) is 5.91 Å². The second kappa shape index (κ2) is 6.10. The molecule has 0 aliphatic carbocycles. The van der Waals surface area contributed by atoms with Crippen molar-refractivity contribution < 1.29 is 9.53 Å². The zero-order valence-corrected chi connectivity index (χ0v) is 11.6. The van der Waals surface area contributed by atoms with Gasteiger partial charge in [0.15, 0.2) is 0 Å². The molecule has 0 aromatic heterocycles. The first-order chi connectivity index (χ1) is 9.61. The van der Waals surface area contributed by atoms with Crippen molar-refractivity contribution in [2.24, 2.45) is 0 Å². The summed E-state index contributed by atoms with van der Waals surface area (Å²) in [5.74, 6) is 0.559. The summed E-state index contributed by atoms with van der Waals surface area (Å²) in [5.41, 5.74) is 8.99. The van der Waals surface area contributed by atoms with Gasteiger partial charge in [-0.1, -0.05) is 24.3 Å². The van der Waals surface area contributed by atoms with Crippen LogP contribution >= 0.6 is 0 Å². The Morgan fingerprint density at radius 2 is 2.00 bits per heavy atom. The maximum Gasteiger partial charge on any atom is 0.251 e. The fourth-order valence-corrected chi connectivity index (χ4v) is 1.93. The maximum atomic E-state index is 12.1. The molecule has 4 nitrogen and oxygen atoms in total. The molecule has 3 N–H and O–H groups in total. The molecule has 0 bridgehead atoms. The van der Waals surface area contributed by atoms with E-state index in [0.717, 1.165) is 11.1 Å². The van der Waals surface area contributed by atoms with Gasteiger partial charge in [0.25, 0.3) is 5.91 Å². The Morgan fingerprint density at radius 1 is 1.25 bits per heavy atom. The Hall–Kier alpha value is -2.49. The van der Waals surface area contributed by atoms with E-state index in [2.05, 4.69) is 5.32 Å². The van der Waals surface area contributed by atoms with Gasteiger partial charge in [-0.25, -0.2) is 0 Å². The van der Waals surface area contributed by atoms with Crippen molar-refractivity contribution in [2.75, 3.05) is 12.8 Å². The molecule has 0 spiro atoms. The first-order valence-electron chi connectivity index (χ1n) is 6.38. The normalized spacial score (nSPS) is 10.1. The van der Waals surface area contributed by atoms with Gasteiger partial charge >= 0.3 is 0 Å². The second-order valence-corrected chi connectivity index (χ2v) is 4.57. The van der Waals surface area contributed by atoms with E-state index < -0.39 is 0 Å². The number of rotatable bonds is 4. The zero-order valence-electron chi connectivity index (χ0n) is 11.6. The number of benzene rings is 2. The van der Waals surface area contributed by atoms with Gasteiger partial charge in [0, 0.05) is 17.8 Å². The van der Waals surface area contributed by atoms with Gasteiger partial charge in [0.2, 0.25) is 0 Å². The van der Waals surface area contributed by atoms with Crippen LogP contribution in [0.1, 0.15) is 21.5 Å². The number of nitrogen functional groups attached to an aromatic ring is 1. The lowest BCUT2D eigenvalue weighted by atomic mass is 10.1. The van der Waals surface area contributed by atoms with Gasteiger partial charge in [0.1, 0.15) is 5.75 Å². The molecule has 0 heterocycles. The predicted molar refractivity (Wildman–Crippen MR) is 79.8 cm³/mol. The minimum absolute atomic E-state index is 0.147. The summed E-state index contributed by atoms with van der Waals surface area (Å²) in [5, 5.41) is 2.85. The molecule has 0 saturated carbocycles. The van der Waals surface area contributed by atoms with Gasteiger partial charge < -0.3 is 15.8 Å². The molecule has 0 saturated heterocycles. The molecular formula is C16H18N2O2. The van der Waals surface area contributed by atoms with Crippen molar-refractivity contribution in [3.8, 4) is 5.75 Å². The van der Waals surface area contributed by atoms with Gasteiger partial charge in [0.05, 0.1) is 7.11 Å². The van der Waals surface area contributed by atoms with Crippen LogP contribution in [0.15, 0.2) is 42.5 Å². The summed E-state index contributed by atoms with van der Waals surface area (Å²) >= 11 is 0. The van der Waals surface area contributed by atoms with E-state index in [1.54, 1.807) is 19.2 Å². The number of hydrogen-bond donors (Lipinski definition) is 2. The SMILES string of the molecule is COc1cc(C(=O)NCc2ccccc2N)ccc1C. The number of methoxy groups -OCH3 is 1. The van der Waals surface area contributed by atoms with Crippen molar-refractivity contribution in [3.05, 3.63) is 59.2 Å². The van der Waals surface area contributed by atoms with Crippen LogP contribution in [0.3, 0.4) is 0 Å². The highest BCUT2D eigenvalue weighted by Crippen LogP contribution is 2.19. The average molecular weight is 270 g/mol. The number of ether oxygens (including phenoxy) is 1. The van der Waals surface area contributed by atoms with Crippen molar-refractivity contribution in [3.63, 3.8) is 0 Å².